The van der Waals surface area contributed by atoms with Crippen LogP contribution in [0.5, 0.6) is 0 Å². The van der Waals surface area contributed by atoms with Crippen molar-refractivity contribution < 1.29 is 14.3 Å². The monoisotopic (exact) mass is 280 g/mol. The number of hydrogen-bond acceptors (Lipinski definition) is 3. The van der Waals surface area contributed by atoms with E-state index < -0.39 is 0 Å². The second-order valence-electron chi connectivity index (χ2n) is 5.66. The van der Waals surface area contributed by atoms with Gasteiger partial charge in [0.1, 0.15) is 12.1 Å². The van der Waals surface area contributed by atoms with E-state index in [2.05, 4.69) is 6.58 Å². The van der Waals surface area contributed by atoms with Crippen LogP contribution in [-0.4, -0.2) is 60.0 Å². The van der Waals surface area contributed by atoms with Gasteiger partial charge < -0.3 is 14.5 Å². The molecule has 0 aromatic carbocycles. The van der Waals surface area contributed by atoms with Crippen molar-refractivity contribution in [1.29, 1.82) is 0 Å². The molecule has 0 spiro atoms. The molecule has 112 valence electrons. The van der Waals surface area contributed by atoms with E-state index in [0.29, 0.717) is 26.2 Å². The number of ether oxygens (including phenoxy) is 1. The van der Waals surface area contributed by atoms with Crippen LogP contribution >= 0.6 is 0 Å². The molecular weight excluding hydrogens is 256 g/mol. The zero-order chi connectivity index (χ0) is 14.7. The number of amides is 2. The van der Waals surface area contributed by atoms with Crippen molar-refractivity contribution in [3.8, 4) is 0 Å². The Hall–Kier alpha value is -1.36. The summed E-state index contributed by atoms with van der Waals surface area (Å²) in [4.78, 5) is 28.4. The van der Waals surface area contributed by atoms with Crippen molar-refractivity contribution in [2.45, 2.75) is 45.2 Å². The molecule has 5 heteroatoms. The van der Waals surface area contributed by atoms with E-state index in [-0.39, 0.29) is 23.9 Å². The van der Waals surface area contributed by atoms with Crippen LogP contribution in [0.15, 0.2) is 12.2 Å². The summed E-state index contributed by atoms with van der Waals surface area (Å²) in [5, 5.41) is 0. The van der Waals surface area contributed by atoms with Crippen LogP contribution in [0.2, 0.25) is 0 Å². The minimum Gasteiger partial charge on any atom is -0.375 e. The van der Waals surface area contributed by atoms with E-state index >= 15 is 0 Å². The van der Waals surface area contributed by atoms with Crippen molar-refractivity contribution in [2.75, 3.05) is 26.3 Å². The van der Waals surface area contributed by atoms with Gasteiger partial charge in [-0.15, -0.1) is 0 Å². The van der Waals surface area contributed by atoms with E-state index in [9.17, 15) is 9.59 Å². The first-order valence-corrected chi connectivity index (χ1v) is 7.39. The molecule has 2 aliphatic heterocycles. The lowest BCUT2D eigenvalue weighted by Crippen LogP contribution is -2.63. The molecule has 2 saturated heterocycles. The van der Waals surface area contributed by atoms with Crippen LogP contribution in [0.3, 0.4) is 0 Å². The van der Waals surface area contributed by atoms with Crippen molar-refractivity contribution in [2.24, 2.45) is 0 Å². The van der Waals surface area contributed by atoms with Crippen LogP contribution in [0.25, 0.3) is 0 Å². The van der Waals surface area contributed by atoms with Gasteiger partial charge in [-0.3, -0.25) is 9.59 Å². The second kappa shape index (κ2) is 6.39. The molecule has 0 bridgehead atoms. The van der Waals surface area contributed by atoms with Gasteiger partial charge in [-0.2, -0.15) is 0 Å². The first-order chi connectivity index (χ1) is 9.56. The number of carbonyl (C=O) groups excluding carboxylic acids is 2. The van der Waals surface area contributed by atoms with Gasteiger partial charge in [0, 0.05) is 13.1 Å². The lowest BCUT2D eigenvalue weighted by molar-refractivity contribution is -0.160. The molecule has 0 aromatic heterocycles. The largest absolute Gasteiger partial charge is 0.375 e. The Morgan fingerprint density at radius 3 is 2.80 bits per heavy atom. The zero-order valence-corrected chi connectivity index (χ0v) is 12.4. The molecule has 2 unspecified atom stereocenters. The first kappa shape index (κ1) is 15.0. The van der Waals surface area contributed by atoms with Crippen molar-refractivity contribution in [3.63, 3.8) is 0 Å². The summed E-state index contributed by atoms with van der Waals surface area (Å²) in [5.74, 6) is 0.197. The SMILES string of the molecule is C=C(C)COCCN1C(=O)C2CCCN2C(=O)C1CC. The van der Waals surface area contributed by atoms with Crippen LogP contribution < -0.4 is 0 Å². The van der Waals surface area contributed by atoms with Crippen LogP contribution in [-0.2, 0) is 14.3 Å². The smallest absolute Gasteiger partial charge is 0.246 e. The third kappa shape index (κ3) is 2.87. The Kier molecular flexibility index (Phi) is 4.81. The summed E-state index contributed by atoms with van der Waals surface area (Å²) >= 11 is 0. The quantitative estimate of drug-likeness (QED) is 0.542. The summed E-state index contributed by atoms with van der Waals surface area (Å²) in [6.45, 7) is 9.80. The maximum atomic E-state index is 12.5. The molecule has 2 atom stereocenters. The van der Waals surface area contributed by atoms with E-state index in [1.165, 1.54) is 0 Å². The molecule has 20 heavy (non-hydrogen) atoms. The maximum absolute atomic E-state index is 12.5. The van der Waals surface area contributed by atoms with Gasteiger partial charge >= 0.3 is 0 Å². The predicted molar refractivity (Wildman–Crippen MR) is 76.2 cm³/mol. The molecule has 0 saturated carbocycles. The lowest BCUT2D eigenvalue weighted by atomic mass is 10.0. The summed E-state index contributed by atoms with van der Waals surface area (Å²) < 4.78 is 5.47. The first-order valence-electron chi connectivity index (χ1n) is 7.39. The molecule has 0 aromatic rings. The number of carbonyl (C=O) groups is 2. The fourth-order valence-electron chi connectivity index (χ4n) is 3.03. The summed E-state index contributed by atoms with van der Waals surface area (Å²) in [5.41, 5.74) is 0.958. The van der Waals surface area contributed by atoms with Gasteiger partial charge in [0.15, 0.2) is 0 Å². The zero-order valence-electron chi connectivity index (χ0n) is 12.4. The number of piperazine rings is 1. The Balaban J connectivity index is 1.99. The third-order valence-corrected chi connectivity index (χ3v) is 3.98. The summed E-state index contributed by atoms with van der Waals surface area (Å²) in [6.07, 6.45) is 2.39. The fourth-order valence-corrected chi connectivity index (χ4v) is 3.03. The number of fused-ring (bicyclic) bond motifs is 1. The maximum Gasteiger partial charge on any atom is 0.246 e. The highest BCUT2D eigenvalue weighted by molar-refractivity contribution is 5.97. The highest BCUT2D eigenvalue weighted by Gasteiger charge is 2.46. The van der Waals surface area contributed by atoms with E-state index in [1.807, 2.05) is 13.8 Å². The Morgan fingerprint density at radius 1 is 1.40 bits per heavy atom. The molecule has 2 rings (SSSR count). The Labute approximate surface area is 120 Å². The number of nitrogens with zero attached hydrogens (tertiary/aromatic N) is 2. The van der Waals surface area contributed by atoms with Gasteiger partial charge in [-0.05, 0) is 26.2 Å². The average Bonchev–Trinajstić information content (AvgIpc) is 2.89. The molecule has 0 N–H and O–H groups in total. The molecule has 2 fully saturated rings. The van der Waals surface area contributed by atoms with Gasteiger partial charge in [-0.1, -0.05) is 19.1 Å². The van der Waals surface area contributed by atoms with Gasteiger partial charge in [-0.25, -0.2) is 0 Å². The second-order valence-corrected chi connectivity index (χ2v) is 5.66. The van der Waals surface area contributed by atoms with Crippen molar-refractivity contribution >= 4 is 11.8 Å². The molecule has 2 aliphatic rings. The van der Waals surface area contributed by atoms with E-state index in [1.54, 1.807) is 9.80 Å². The Bertz CT molecular complexity index is 408. The van der Waals surface area contributed by atoms with E-state index in [0.717, 1.165) is 25.0 Å². The molecule has 2 heterocycles. The average molecular weight is 280 g/mol. The minimum absolute atomic E-state index is 0.0906. The number of hydrogen-bond donors (Lipinski definition) is 0. The van der Waals surface area contributed by atoms with Crippen molar-refractivity contribution in [1.82, 2.24) is 9.80 Å². The topological polar surface area (TPSA) is 49.9 Å². The van der Waals surface area contributed by atoms with Gasteiger partial charge in [0.05, 0.1) is 13.2 Å². The molecule has 0 radical (unpaired) electrons. The highest BCUT2D eigenvalue weighted by atomic mass is 16.5. The normalized spacial score (nSPS) is 26.1. The van der Waals surface area contributed by atoms with E-state index in [4.69, 9.17) is 4.74 Å². The van der Waals surface area contributed by atoms with Crippen LogP contribution in [0, 0.1) is 0 Å². The number of rotatable bonds is 6. The summed E-state index contributed by atoms with van der Waals surface area (Å²) in [6, 6.07) is -0.545. The molecule has 5 nitrogen and oxygen atoms in total. The molecule has 0 aliphatic carbocycles. The predicted octanol–water partition coefficient (Wildman–Crippen LogP) is 1.19. The van der Waals surface area contributed by atoms with Gasteiger partial charge in [0.2, 0.25) is 11.8 Å². The minimum atomic E-state index is -0.315. The van der Waals surface area contributed by atoms with Crippen LogP contribution in [0.1, 0.15) is 33.1 Å². The Morgan fingerprint density at radius 2 is 2.15 bits per heavy atom. The standard InChI is InChI=1S/C15H24N2O3/c1-4-12-14(18)16-7-5-6-13(16)15(19)17(12)8-9-20-10-11(2)3/h12-13H,2,4-10H2,1,3H3. The van der Waals surface area contributed by atoms with Crippen LogP contribution in [0.4, 0.5) is 0 Å². The summed E-state index contributed by atoms with van der Waals surface area (Å²) in [7, 11) is 0. The van der Waals surface area contributed by atoms with Crippen molar-refractivity contribution in [3.05, 3.63) is 12.2 Å². The molecule has 2 amide bonds. The van der Waals surface area contributed by atoms with Gasteiger partial charge in [0.25, 0.3) is 0 Å². The lowest BCUT2D eigenvalue weighted by Gasteiger charge is -2.42. The third-order valence-electron chi connectivity index (χ3n) is 3.98. The molecular formula is C15H24N2O3. The fraction of sp³-hybridized carbons (Fsp3) is 0.733. The highest BCUT2D eigenvalue weighted by Crippen LogP contribution is 2.27.